The van der Waals surface area contributed by atoms with Gasteiger partial charge in [0.15, 0.2) is 11.9 Å². The van der Waals surface area contributed by atoms with Crippen molar-refractivity contribution in [1.29, 1.82) is 0 Å². The van der Waals surface area contributed by atoms with Crippen molar-refractivity contribution in [1.82, 2.24) is 15.6 Å². The minimum atomic E-state index is -1.74. The molecular formula is C22H32N5O10+. The molecule has 4 rings (SSSR count). The zero-order chi connectivity index (χ0) is 26.7. The van der Waals surface area contributed by atoms with Crippen LogP contribution >= 0.6 is 0 Å². The zero-order valence-corrected chi connectivity index (χ0v) is 19.7. The van der Waals surface area contributed by atoms with Gasteiger partial charge in [0.1, 0.15) is 36.6 Å². The van der Waals surface area contributed by atoms with Crippen LogP contribution in [0.15, 0.2) is 30.5 Å². The highest BCUT2D eigenvalue weighted by molar-refractivity contribution is 5.92. The molecule has 204 valence electrons. The molecule has 15 nitrogen and oxygen atoms in total. The standard InChI is InChI=1S/C22H31N5O10/c23-14-11(15(29)12(6-28)37-22(14)34)7-35-8-13-16(30)17(31)18(32)19(36-13)21(33)27-26-20-10-4-2-1-3-9(10)5-24-25-20/h1-5,11-19,22,28-32,34H,6-8,23H2,(H,25,26)(H,27,33)/p+1/t11-,12?,13-,14?,15+,16?,17-,18-,19?,22+/m0/s1. The van der Waals surface area contributed by atoms with Gasteiger partial charge >= 0.3 is 0 Å². The molecule has 2 aliphatic rings. The van der Waals surface area contributed by atoms with Crippen molar-refractivity contribution >= 4 is 22.5 Å². The van der Waals surface area contributed by atoms with Gasteiger partial charge in [0.05, 0.1) is 38.0 Å². The molecule has 0 bridgehead atoms. The molecule has 2 aromatic rings. The molecule has 37 heavy (non-hydrogen) atoms. The normalized spacial score (nSPS) is 36.3. The van der Waals surface area contributed by atoms with E-state index in [0.29, 0.717) is 5.39 Å². The predicted octanol–water partition coefficient (Wildman–Crippen LogP) is -4.76. The number of ether oxygens (including phenoxy) is 3. The maximum atomic E-state index is 12.8. The van der Waals surface area contributed by atoms with Crippen LogP contribution in [0.3, 0.4) is 0 Å². The number of hydrogen-bond acceptors (Lipinski definition) is 13. The third kappa shape index (κ3) is 5.80. The number of aliphatic hydroxyl groups is 6. The van der Waals surface area contributed by atoms with E-state index in [1.807, 2.05) is 12.1 Å². The van der Waals surface area contributed by atoms with Crippen molar-refractivity contribution in [3.05, 3.63) is 30.5 Å². The summed E-state index contributed by atoms with van der Waals surface area (Å²) in [6.07, 6.45) is -9.80. The average molecular weight is 527 g/mol. The number of rotatable bonds is 8. The Morgan fingerprint density at radius 3 is 2.51 bits per heavy atom. The summed E-state index contributed by atoms with van der Waals surface area (Å²) in [5, 5.41) is 70.0. The van der Waals surface area contributed by atoms with Gasteiger partial charge in [-0.05, 0) is 0 Å². The minimum absolute atomic E-state index is 0.157. The van der Waals surface area contributed by atoms with Crippen molar-refractivity contribution in [2.75, 3.05) is 25.2 Å². The van der Waals surface area contributed by atoms with Crippen LogP contribution in [0.4, 0.5) is 5.82 Å². The number of fused-ring (bicyclic) bond motifs is 1. The Morgan fingerprint density at radius 1 is 1.00 bits per heavy atom. The number of aliphatic hydroxyl groups excluding tert-OH is 6. The summed E-state index contributed by atoms with van der Waals surface area (Å²) in [5.41, 5.74) is 8.75. The quantitative estimate of drug-likeness (QED) is 0.147. The van der Waals surface area contributed by atoms with Crippen LogP contribution in [-0.4, -0.2) is 122 Å². The molecule has 10 atom stereocenters. The van der Waals surface area contributed by atoms with E-state index in [1.54, 1.807) is 18.3 Å². The number of aromatic nitrogens is 2. The van der Waals surface area contributed by atoms with Crippen LogP contribution in [0, 0.1) is 5.92 Å². The van der Waals surface area contributed by atoms with Gasteiger partial charge in [-0.1, -0.05) is 24.3 Å². The van der Waals surface area contributed by atoms with E-state index in [-0.39, 0.29) is 19.0 Å². The van der Waals surface area contributed by atoms with Gasteiger partial charge in [0.25, 0.3) is 5.91 Å². The molecule has 15 heteroatoms. The molecule has 0 radical (unpaired) electrons. The predicted molar refractivity (Wildman–Crippen MR) is 123 cm³/mol. The number of carbonyl (C=O) groups is 1. The van der Waals surface area contributed by atoms with E-state index in [2.05, 4.69) is 26.8 Å². The van der Waals surface area contributed by atoms with Gasteiger partial charge < -0.3 is 50.6 Å². The van der Waals surface area contributed by atoms with Crippen LogP contribution < -0.4 is 16.6 Å². The first kappa shape index (κ1) is 27.5. The summed E-state index contributed by atoms with van der Waals surface area (Å²) in [7, 11) is 0. The molecule has 3 heterocycles. The molecule has 0 spiro atoms. The van der Waals surface area contributed by atoms with E-state index in [9.17, 15) is 35.4 Å². The summed E-state index contributed by atoms with van der Waals surface area (Å²) in [6, 6.07) is 6.41. The summed E-state index contributed by atoms with van der Waals surface area (Å²) < 4.78 is 16.2. The second-order valence-corrected chi connectivity index (χ2v) is 9.07. The third-order valence-electron chi connectivity index (χ3n) is 6.67. The minimum Gasteiger partial charge on any atom is -0.394 e. The topological polar surface area (TPSA) is 244 Å². The van der Waals surface area contributed by atoms with Crippen molar-refractivity contribution in [3.8, 4) is 0 Å². The van der Waals surface area contributed by atoms with Gasteiger partial charge in [0, 0.05) is 10.8 Å². The van der Waals surface area contributed by atoms with Gasteiger partial charge in [-0.3, -0.25) is 15.6 Å². The molecule has 1 amide bonds. The largest absolute Gasteiger partial charge is 0.394 e. The third-order valence-corrected chi connectivity index (χ3v) is 6.67. The fourth-order valence-corrected chi connectivity index (χ4v) is 4.41. The monoisotopic (exact) mass is 526 g/mol. The lowest BCUT2D eigenvalue weighted by Gasteiger charge is -2.41. The number of carbonyl (C=O) groups excluding carboxylic acids is 1. The summed E-state index contributed by atoms with van der Waals surface area (Å²) in [6.45, 7) is -1.01. The number of hydrogen-bond donors (Lipinski definition) is 9. The second-order valence-electron chi connectivity index (χ2n) is 9.07. The molecule has 1 aromatic carbocycles. The molecule has 0 saturated carbocycles. The van der Waals surface area contributed by atoms with Crippen molar-refractivity contribution < 1.29 is 55.4 Å². The van der Waals surface area contributed by atoms with Gasteiger partial charge in [-0.15, -0.1) is 5.10 Å². The maximum Gasteiger partial charge on any atom is 0.270 e. The number of amides is 1. The molecule has 4 unspecified atom stereocenters. The van der Waals surface area contributed by atoms with Crippen LogP contribution in [0.2, 0.25) is 0 Å². The Kier molecular flexibility index (Phi) is 8.81. The SMILES string of the molecule is [NH3+]C1[C@H](O)OC(CO)[C@H](O)[C@H]1COC[C@@H]1OC(C(=O)NNc2nncc3ccccc23)[C@@H](O)[C@@H](O)C1O. The highest BCUT2D eigenvalue weighted by atomic mass is 16.6. The van der Waals surface area contributed by atoms with E-state index in [4.69, 9.17) is 14.2 Å². The van der Waals surface area contributed by atoms with Crippen molar-refractivity contribution in [2.24, 2.45) is 5.92 Å². The first-order valence-corrected chi connectivity index (χ1v) is 11.7. The molecule has 1 aromatic heterocycles. The number of quaternary nitrogens is 1. The van der Waals surface area contributed by atoms with Gasteiger partial charge in [-0.25, -0.2) is 0 Å². The lowest BCUT2D eigenvalue weighted by molar-refractivity contribution is -0.495. The Bertz CT molecular complexity index is 1060. The number of anilines is 1. The van der Waals surface area contributed by atoms with E-state index >= 15 is 0 Å². The zero-order valence-electron chi connectivity index (χ0n) is 19.7. The number of nitrogens with zero attached hydrogens (tertiary/aromatic N) is 2. The molecule has 2 saturated heterocycles. The number of hydrazine groups is 1. The summed E-state index contributed by atoms with van der Waals surface area (Å²) in [5.74, 6) is -1.31. The Morgan fingerprint density at radius 2 is 1.76 bits per heavy atom. The highest BCUT2D eigenvalue weighted by Crippen LogP contribution is 2.26. The maximum absolute atomic E-state index is 12.8. The Hall–Kier alpha value is -2.57. The lowest BCUT2D eigenvalue weighted by Crippen LogP contribution is -2.76. The molecule has 2 fully saturated rings. The highest BCUT2D eigenvalue weighted by Gasteiger charge is 2.48. The van der Waals surface area contributed by atoms with E-state index in [0.717, 1.165) is 5.39 Å². The van der Waals surface area contributed by atoms with Gasteiger partial charge in [-0.2, -0.15) is 5.10 Å². The van der Waals surface area contributed by atoms with Crippen LogP contribution in [-0.2, 0) is 19.0 Å². The molecular weight excluding hydrogens is 494 g/mol. The van der Waals surface area contributed by atoms with Crippen LogP contribution in [0.25, 0.3) is 10.8 Å². The smallest absolute Gasteiger partial charge is 0.270 e. The Labute approximate surface area is 210 Å². The lowest BCUT2D eigenvalue weighted by atomic mass is 9.88. The van der Waals surface area contributed by atoms with E-state index < -0.39 is 73.5 Å². The van der Waals surface area contributed by atoms with Crippen molar-refractivity contribution in [2.45, 2.75) is 55.1 Å². The first-order chi connectivity index (χ1) is 17.7. The fourth-order valence-electron chi connectivity index (χ4n) is 4.41. The summed E-state index contributed by atoms with van der Waals surface area (Å²) >= 11 is 0. The summed E-state index contributed by atoms with van der Waals surface area (Å²) in [4.78, 5) is 12.8. The first-order valence-electron chi connectivity index (χ1n) is 11.7. The van der Waals surface area contributed by atoms with Crippen LogP contribution in [0.5, 0.6) is 0 Å². The van der Waals surface area contributed by atoms with E-state index in [1.165, 1.54) is 0 Å². The second kappa shape index (κ2) is 11.9. The van der Waals surface area contributed by atoms with Crippen LogP contribution in [0.1, 0.15) is 0 Å². The molecule has 11 N–H and O–H groups in total. The van der Waals surface area contributed by atoms with Gasteiger partial charge in [0.2, 0.25) is 6.29 Å². The molecule has 0 aliphatic carbocycles. The molecule has 2 aliphatic heterocycles. The Balaban J connectivity index is 1.36. The van der Waals surface area contributed by atoms with Crippen molar-refractivity contribution in [3.63, 3.8) is 0 Å². The average Bonchev–Trinajstić information content (AvgIpc) is 2.91. The number of benzene rings is 1. The number of nitrogens with one attached hydrogen (secondary N) is 2. The fraction of sp³-hybridized carbons (Fsp3) is 0.591.